The molecule has 0 fully saturated rings. The average Bonchev–Trinajstić information content (AvgIpc) is 3.11. The number of aromatic nitrogens is 1. The summed E-state index contributed by atoms with van der Waals surface area (Å²) in [5.74, 6) is -0.0740. The predicted octanol–water partition coefficient (Wildman–Crippen LogP) is 4.74. The molecule has 0 atom stereocenters. The third-order valence-corrected chi connectivity index (χ3v) is 7.66. The zero-order valence-electron chi connectivity index (χ0n) is 18.5. The fourth-order valence-electron chi connectivity index (χ4n) is 3.95. The average molecular weight is 486 g/mol. The standard InChI is InChI=1S/C24H24ClN3O4S/c1-4-28-21-8-6-5-7-18(21)19-13-16(9-11-22(19)28)26-24(29)15-27(2)33(30,31)17-10-12-23(32-3)20(25)14-17/h5-14H,4,15H2,1-3H3,(H,26,29). The molecule has 7 nitrogen and oxygen atoms in total. The van der Waals surface area contributed by atoms with Crippen molar-refractivity contribution < 1.29 is 17.9 Å². The van der Waals surface area contributed by atoms with E-state index < -0.39 is 15.9 Å². The summed E-state index contributed by atoms with van der Waals surface area (Å²) < 4.78 is 34.0. The van der Waals surface area contributed by atoms with E-state index in [-0.39, 0.29) is 16.5 Å². The van der Waals surface area contributed by atoms with Crippen LogP contribution in [0.15, 0.2) is 65.6 Å². The van der Waals surface area contributed by atoms with E-state index in [1.807, 2.05) is 30.3 Å². The minimum absolute atomic E-state index is 0.0163. The van der Waals surface area contributed by atoms with Crippen LogP contribution >= 0.6 is 11.6 Å². The molecule has 0 bridgehead atoms. The first-order valence-electron chi connectivity index (χ1n) is 10.4. The van der Waals surface area contributed by atoms with Crippen LogP contribution in [0.25, 0.3) is 21.8 Å². The zero-order chi connectivity index (χ0) is 23.8. The smallest absolute Gasteiger partial charge is 0.243 e. The molecule has 0 aliphatic rings. The van der Waals surface area contributed by atoms with Crippen LogP contribution in [0.2, 0.25) is 5.02 Å². The summed E-state index contributed by atoms with van der Waals surface area (Å²) in [4.78, 5) is 12.6. The van der Waals surface area contributed by atoms with E-state index in [4.69, 9.17) is 16.3 Å². The molecule has 0 aliphatic heterocycles. The van der Waals surface area contributed by atoms with Gasteiger partial charge in [0.25, 0.3) is 0 Å². The van der Waals surface area contributed by atoms with Gasteiger partial charge in [-0.2, -0.15) is 4.31 Å². The first-order chi connectivity index (χ1) is 15.8. The number of likely N-dealkylation sites (N-methyl/N-ethyl adjacent to an activating group) is 1. The molecule has 172 valence electrons. The molecule has 1 heterocycles. The Balaban J connectivity index is 1.55. The first kappa shape index (κ1) is 23.1. The van der Waals surface area contributed by atoms with Gasteiger partial charge in [-0.25, -0.2) is 8.42 Å². The Morgan fingerprint density at radius 3 is 2.48 bits per heavy atom. The molecule has 1 amide bonds. The van der Waals surface area contributed by atoms with E-state index in [0.29, 0.717) is 11.4 Å². The highest BCUT2D eigenvalue weighted by Crippen LogP contribution is 2.31. The minimum Gasteiger partial charge on any atom is -0.495 e. The predicted molar refractivity (Wildman–Crippen MR) is 132 cm³/mol. The number of halogens is 1. The Morgan fingerprint density at radius 1 is 1.06 bits per heavy atom. The van der Waals surface area contributed by atoms with E-state index in [1.165, 1.54) is 32.4 Å². The summed E-state index contributed by atoms with van der Waals surface area (Å²) in [5, 5.41) is 5.11. The van der Waals surface area contributed by atoms with Crippen LogP contribution in [0.5, 0.6) is 5.75 Å². The molecule has 0 spiro atoms. The largest absolute Gasteiger partial charge is 0.495 e. The number of carbonyl (C=O) groups is 1. The number of sulfonamides is 1. The number of fused-ring (bicyclic) bond motifs is 3. The monoisotopic (exact) mass is 485 g/mol. The Kier molecular flexibility index (Phi) is 6.34. The van der Waals surface area contributed by atoms with Gasteiger partial charge in [0.05, 0.1) is 23.6 Å². The van der Waals surface area contributed by atoms with Gasteiger partial charge in [0.15, 0.2) is 0 Å². The van der Waals surface area contributed by atoms with Crippen LogP contribution in [0.3, 0.4) is 0 Å². The van der Waals surface area contributed by atoms with Crippen LogP contribution in [-0.4, -0.2) is 43.9 Å². The van der Waals surface area contributed by atoms with Crippen molar-refractivity contribution in [2.45, 2.75) is 18.4 Å². The number of hydrogen-bond donors (Lipinski definition) is 1. The van der Waals surface area contributed by atoms with Crippen molar-refractivity contribution in [1.82, 2.24) is 8.87 Å². The number of rotatable bonds is 7. The number of ether oxygens (including phenoxy) is 1. The number of amides is 1. The second-order valence-corrected chi connectivity index (χ2v) is 10.1. The summed E-state index contributed by atoms with van der Waals surface area (Å²) in [6, 6.07) is 18.0. The van der Waals surface area contributed by atoms with Gasteiger partial charge >= 0.3 is 0 Å². The lowest BCUT2D eigenvalue weighted by Crippen LogP contribution is -2.35. The van der Waals surface area contributed by atoms with Gasteiger partial charge in [0.1, 0.15) is 5.75 Å². The van der Waals surface area contributed by atoms with Crippen molar-refractivity contribution in [1.29, 1.82) is 0 Å². The molecule has 3 aromatic carbocycles. The van der Waals surface area contributed by atoms with Crippen molar-refractivity contribution in [3.05, 3.63) is 65.7 Å². The van der Waals surface area contributed by atoms with Gasteiger partial charge in [-0.1, -0.05) is 29.8 Å². The number of methoxy groups -OCH3 is 1. The van der Waals surface area contributed by atoms with E-state index in [1.54, 1.807) is 0 Å². The molecule has 0 aliphatic carbocycles. The summed E-state index contributed by atoms with van der Waals surface area (Å²) in [6.07, 6.45) is 0. The van der Waals surface area contributed by atoms with Gasteiger partial charge < -0.3 is 14.6 Å². The first-order valence-corrected chi connectivity index (χ1v) is 12.2. The summed E-state index contributed by atoms with van der Waals surface area (Å²) in [5.41, 5.74) is 2.81. The number of nitrogens with zero attached hydrogens (tertiary/aromatic N) is 2. The molecule has 4 rings (SSSR count). The SMILES string of the molecule is CCn1c2ccccc2c2cc(NC(=O)CN(C)S(=O)(=O)c3ccc(OC)c(Cl)c3)ccc21. The van der Waals surface area contributed by atoms with E-state index in [9.17, 15) is 13.2 Å². The highest BCUT2D eigenvalue weighted by molar-refractivity contribution is 7.89. The molecular weight excluding hydrogens is 462 g/mol. The number of nitrogens with one attached hydrogen (secondary N) is 1. The Labute approximate surface area is 197 Å². The van der Waals surface area contributed by atoms with Crippen LogP contribution < -0.4 is 10.1 Å². The second kappa shape index (κ2) is 9.05. The lowest BCUT2D eigenvalue weighted by molar-refractivity contribution is -0.116. The summed E-state index contributed by atoms with van der Waals surface area (Å²) in [7, 11) is -1.11. The molecule has 0 saturated carbocycles. The Bertz CT molecular complexity index is 1460. The van der Waals surface area contributed by atoms with Crippen LogP contribution in [0.1, 0.15) is 6.92 Å². The molecule has 4 aromatic rings. The van der Waals surface area contributed by atoms with Gasteiger partial charge in [-0.05, 0) is 49.4 Å². The van der Waals surface area contributed by atoms with Gasteiger partial charge in [-0.3, -0.25) is 4.79 Å². The quantitative estimate of drug-likeness (QED) is 0.410. The number of benzene rings is 3. The van der Waals surface area contributed by atoms with Crippen LogP contribution in [-0.2, 0) is 21.4 Å². The second-order valence-electron chi connectivity index (χ2n) is 7.60. The topological polar surface area (TPSA) is 80.6 Å². The molecule has 0 radical (unpaired) electrons. The fourth-order valence-corrected chi connectivity index (χ4v) is 5.42. The highest BCUT2D eigenvalue weighted by atomic mass is 35.5. The number of hydrogen-bond acceptors (Lipinski definition) is 4. The van der Waals surface area contributed by atoms with Crippen LogP contribution in [0.4, 0.5) is 5.69 Å². The molecule has 9 heteroatoms. The van der Waals surface area contributed by atoms with Crippen molar-refractivity contribution in [2.24, 2.45) is 0 Å². The zero-order valence-corrected chi connectivity index (χ0v) is 20.1. The molecule has 33 heavy (non-hydrogen) atoms. The lowest BCUT2D eigenvalue weighted by Gasteiger charge is -2.17. The highest BCUT2D eigenvalue weighted by Gasteiger charge is 2.24. The summed E-state index contributed by atoms with van der Waals surface area (Å²) >= 11 is 6.07. The molecule has 0 saturated heterocycles. The maximum atomic E-state index is 12.9. The van der Waals surface area contributed by atoms with Gasteiger partial charge in [0, 0.05) is 41.1 Å². The van der Waals surface area contributed by atoms with Gasteiger partial charge in [0.2, 0.25) is 15.9 Å². The molecule has 0 unspecified atom stereocenters. The molecule has 1 N–H and O–H groups in total. The van der Waals surface area contributed by atoms with E-state index in [0.717, 1.165) is 32.7 Å². The normalized spacial score (nSPS) is 11.9. The van der Waals surface area contributed by atoms with Crippen molar-refractivity contribution in [3.8, 4) is 5.75 Å². The number of anilines is 1. The van der Waals surface area contributed by atoms with Crippen molar-refractivity contribution in [2.75, 3.05) is 26.0 Å². The Morgan fingerprint density at radius 2 is 1.79 bits per heavy atom. The molecular formula is C24H24ClN3O4S. The number of aryl methyl sites for hydroxylation is 1. The maximum absolute atomic E-state index is 12.9. The summed E-state index contributed by atoms with van der Waals surface area (Å²) in [6.45, 7) is 2.57. The minimum atomic E-state index is -3.91. The third-order valence-electron chi connectivity index (χ3n) is 5.57. The fraction of sp³-hybridized carbons (Fsp3) is 0.208. The maximum Gasteiger partial charge on any atom is 0.243 e. The van der Waals surface area contributed by atoms with Crippen LogP contribution in [0, 0.1) is 0 Å². The third kappa shape index (κ3) is 4.29. The van der Waals surface area contributed by atoms with Gasteiger partial charge in [-0.15, -0.1) is 0 Å². The van der Waals surface area contributed by atoms with Crippen molar-refractivity contribution >= 4 is 55.0 Å². The van der Waals surface area contributed by atoms with E-state index >= 15 is 0 Å². The lowest BCUT2D eigenvalue weighted by atomic mass is 10.1. The Hall–Kier alpha value is -3.07. The number of carbonyl (C=O) groups excluding carboxylic acids is 1. The van der Waals surface area contributed by atoms with E-state index in [2.05, 4.69) is 28.9 Å². The number of para-hydroxylation sites is 1. The van der Waals surface area contributed by atoms with Crippen molar-refractivity contribution in [3.63, 3.8) is 0 Å². The molecule has 1 aromatic heterocycles.